The van der Waals surface area contributed by atoms with Gasteiger partial charge in [-0.3, -0.25) is 4.70 Å². The van der Waals surface area contributed by atoms with Gasteiger partial charge in [0.05, 0.1) is 6.61 Å². The Bertz CT molecular complexity index is 110. The Morgan fingerprint density at radius 2 is 2.18 bits per heavy atom. The fourth-order valence-electron chi connectivity index (χ4n) is 1.75. The van der Waals surface area contributed by atoms with Crippen LogP contribution in [0.15, 0.2) is 0 Å². The molecule has 0 bridgehead atoms. The minimum Gasteiger partial charge on any atom is -0.383 e. The quantitative estimate of drug-likeness (QED) is 0.605. The van der Waals surface area contributed by atoms with Gasteiger partial charge < -0.3 is 9.64 Å². The zero-order valence-electron chi connectivity index (χ0n) is 7.54. The normalized spacial score (nSPS) is 31.9. The number of ether oxygens (including phenoxy) is 1. The van der Waals surface area contributed by atoms with Crippen LogP contribution in [0.25, 0.3) is 0 Å². The summed E-state index contributed by atoms with van der Waals surface area (Å²) in [6, 6.07) is 0.667. The molecule has 1 aliphatic heterocycles. The molecule has 2 nitrogen and oxygen atoms in total. The van der Waals surface area contributed by atoms with Gasteiger partial charge in [0.2, 0.25) is 0 Å². The van der Waals surface area contributed by atoms with Crippen molar-refractivity contribution in [2.24, 2.45) is 5.92 Å². The average Bonchev–Trinajstić information content (AvgIpc) is 2.13. The fraction of sp³-hybridized carbons (Fsp3) is 1.00. The van der Waals surface area contributed by atoms with Crippen LogP contribution in [-0.2, 0) is 4.74 Å². The molecule has 3 heteroatoms. The summed E-state index contributed by atoms with van der Waals surface area (Å²) in [4.78, 5) is 2.38. The monoisotopic (exact) mass is 163 g/mol. The number of methoxy groups -OCH3 is 1. The van der Waals surface area contributed by atoms with E-state index < -0.39 is 0 Å². The molecule has 0 aromatic carbocycles. The van der Waals surface area contributed by atoms with E-state index in [1.165, 1.54) is 13.0 Å². The predicted octanol–water partition coefficient (Wildman–Crippen LogP) is 1.13. The average molecular weight is 163 g/mol. The van der Waals surface area contributed by atoms with Crippen LogP contribution in [0.4, 0.5) is 4.70 Å². The third-order valence-electron chi connectivity index (χ3n) is 2.26. The molecular formula is C8H18FNO. The summed E-state index contributed by atoms with van der Waals surface area (Å²) in [5.74, 6) is 0.852. The van der Waals surface area contributed by atoms with E-state index in [9.17, 15) is 0 Å². The number of likely N-dealkylation sites (N-methyl/N-ethyl adjacent to an activating group) is 1. The van der Waals surface area contributed by atoms with Crippen molar-refractivity contribution in [2.75, 3.05) is 27.3 Å². The van der Waals surface area contributed by atoms with Crippen molar-refractivity contribution < 1.29 is 9.44 Å². The van der Waals surface area contributed by atoms with Gasteiger partial charge in [0.1, 0.15) is 0 Å². The summed E-state index contributed by atoms with van der Waals surface area (Å²) in [6.07, 6.45) is 1.30. The highest BCUT2D eigenvalue weighted by molar-refractivity contribution is 4.80. The van der Waals surface area contributed by atoms with E-state index in [1.54, 1.807) is 7.11 Å². The second-order valence-corrected chi connectivity index (χ2v) is 3.39. The molecule has 2 atom stereocenters. The Morgan fingerprint density at radius 3 is 2.55 bits per heavy atom. The molecule has 0 spiro atoms. The van der Waals surface area contributed by atoms with Gasteiger partial charge in [0.15, 0.2) is 0 Å². The summed E-state index contributed by atoms with van der Waals surface area (Å²) < 4.78 is 5.10. The first kappa shape index (κ1) is 10.8. The molecule has 0 saturated carbocycles. The summed E-state index contributed by atoms with van der Waals surface area (Å²) in [6.45, 7) is 4.42. The minimum absolute atomic E-state index is 0. The number of hydrogen-bond donors (Lipinski definition) is 0. The first-order chi connectivity index (χ1) is 4.74. The molecule has 0 N–H and O–H groups in total. The molecule has 0 aromatic heterocycles. The number of rotatable bonds is 2. The molecule has 68 valence electrons. The van der Waals surface area contributed by atoms with Gasteiger partial charge in [-0.05, 0) is 19.4 Å². The molecule has 0 amide bonds. The first-order valence-electron chi connectivity index (χ1n) is 3.93. The number of halogens is 1. The lowest BCUT2D eigenvalue weighted by atomic mass is 10.1. The van der Waals surface area contributed by atoms with E-state index in [-0.39, 0.29) is 4.70 Å². The van der Waals surface area contributed by atoms with Crippen molar-refractivity contribution in [3.63, 3.8) is 0 Å². The number of likely N-dealkylation sites (tertiary alicyclic amines) is 1. The van der Waals surface area contributed by atoms with Crippen LogP contribution in [0.1, 0.15) is 13.3 Å². The van der Waals surface area contributed by atoms with Crippen LogP contribution < -0.4 is 0 Å². The van der Waals surface area contributed by atoms with Crippen LogP contribution in [0, 0.1) is 5.92 Å². The van der Waals surface area contributed by atoms with E-state index >= 15 is 0 Å². The molecule has 1 saturated heterocycles. The molecule has 1 aliphatic rings. The van der Waals surface area contributed by atoms with Gasteiger partial charge in [-0.15, -0.1) is 0 Å². The van der Waals surface area contributed by atoms with Crippen LogP contribution in [0.2, 0.25) is 0 Å². The zero-order chi connectivity index (χ0) is 7.56. The highest BCUT2D eigenvalue weighted by Crippen LogP contribution is 2.20. The number of hydrogen-bond acceptors (Lipinski definition) is 2. The Labute approximate surface area is 67.9 Å². The first-order valence-corrected chi connectivity index (χ1v) is 3.93. The molecule has 0 aromatic rings. The molecule has 0 radical (unpaired) electrons. The molecule has 1 fully saturated rings. The van der Waals surface area contributed by atoms with Crippen molar-refractivity contribution >= 4 is 0 Å². The van der Waals surface area contributed by atoms with Gasteiger partial charge in [0.25, 0.3) is 0 Å². The van der Waals surface area contributed by atoms with Crippen LogP contribution in [-0.4, -0.2) is 38.3 Å². The maximum Gasteiger partial charge on any atom is 0.0618 e. The van der Waals surface area contributed by atoms with E-state index in [4.69, 9.17) is 4.74 Å². The Kier molecular flexibility index (Phi) is 4.61. The predicted molar refractivity (Wildman–Crippen MR) is 44.6 cm³/mol. The lowest BCUT2D eigenvalue weighted by Gasteiger charge is -2.17. The molecular weight excluding hydrogens is 145 g/mol. The molecule has 0 aliphatic carbocycles. The number of nitrogens with zero attached hydrogens (tertiary/aromatic N) is 1. The fourth-order valence-corrected chi connectivity index (χ4v) is 1.75. The SMILES string of the molecule is COC[C@@H]1C[C@@H](C)CN1C.F. The maximum atomic E-state index is 5.10. The zero-order valence-corrected chi connectivity index (χ0v) is 7.54. The van der Waals surface area contributed by atoms with Crippen LogP contribution in [0.3, 0.4) is 0 Å². The van der Waals surface area contributed by atoms with Crippen molar-refractivity contribution in [3.05, 3.63) is 0 Å². The lowest BCUT2D eigenvalue weighted by molar-refractivity contribution is 0.129. The van der Waals surface area contributed by atoms with Gasteiger partial charge in [-0.2, -0.15) is 0 Å². The van der Waals surface area contributed by atoms with E-state index in [0.717, 1.165) is 12.5 Å². The largest absolute Gasteiger partial charge is 0.383 e. The Balaban J connectivity index is 0.000001000. The van der Waals surface area contributed by atoms with Crippen molar-refractivity contribution in [2.45, 2.75) is 19.4 Å². The summed E-state index contributed by atoms with van der Waals surface area (Å²) in [5.41, 5.74) is 0. The second-order valence-electron chi connectivity index (χ2n) is 3.39. The van der Waals surface area contributed by atoms with Crippen molar-refractivity contribution in [1.29, 1.82) is 0 Å². The van der Waals surface area contributed by atoms with Gasteiger partial charge >= 0.3 is 0 Å². The van der Waals surface area contributed by atoms with E-state index in [2.05, 4.69) is 18.9 Å². The summed E-state index contributed by atoms with van der Waals surface area (Å²) >= 11 is 0. The highest BCUT2D eigenvalue weighted by Gasteiger charge is 2.25. The van der Waals surface area contributed by atoms with Crippen LogP contribution in [0.5, 0.6) is 0 Å². The Morgan fingerprint density at radius 1 is 1.55 bits per heavy atom. The maximum absolute atomic E-state index is 5.10. The molecule has 1 heterocycles. The second kappa shape index (κ2) is 4.67. The van der Waals surface area contributed by atoms with Crippen LogP contribution >= 0.6 is 0 Å². The highest BCUT2D eigenvalue weighted by atomic mass is 19.0. The van der Waals surface area contributed by atoms with Gasteiger partial charge in [-0.25, -0.2) is 0 Å². The lowest BCUT2D eigenvalue weighted by Crippen LogP contribution is -2.28. The standard InChI is InChI=1S/C8H17NO.FH/c1-7-4-8(6-10-3)9(2)5-7;/h7-8H,4-6H2,1-3H3;1H/t7-,8+;/m1./s1. The van der Waals surface area contributed by atoms with Gasteiger partial charge in [-0.1, -0.05) is 6.92 Å². The topological polar surface area (TPSA) is 12.5 Å². The third kappa shape index (κ3) is 2.75. The minimum atomic E-state index is 0. The molecule has 0 unspecified atom stereocenters. The molecule has 1 rings (SSSR count). The molecule has 11 heavy (non-hydrogen) atoms. The van der Waals surface area contributed by atoms with E-state index in [0.29, 0.717) is 6.04 Å². The smallest absolute Gasteiger partial charge is 0.0618 e. The Hall–Kier alpha value is -0.150. The van der Waals surface area contributed by atoms with E-state index in [1.807, 2.05) is 0 Å². The third-order valence-corrected chi connectivity index (χ3v) is 2.26. The summed E-state index contributed by atoms with van der Waals surface area (Å²) in [7, 11) is 3.95. The van der Waals surface area contributed by atoms with Crippen molar-refractivity contribution in [3.8, 4) is 0 Å². The summed E-state index contributed by atoms with van der Waals surface area (Å²) in [5, 5.41) is 0. The van der Waals surface area contributed by atoms with Gasteiger partial charge in [0, 0.05) is 19.7 Å². The van der Waals surface area contributed by atoms with Crippen molar-refractivity contribution in [1.82, 2.24) is 4.90 Å².